The van der Waals surface area contributed by atoms with Gasteiger partial charge in [-0.2, -0.15) is 9.82 Å². The smallest absolute Gasteiger partial charge is 0.379 e. The number of hydrazone groups is 1. The maximum absolute atomic E-state index is 12.7. The summed E-state index contributed by atoms with van der Waals surface area (Å²) in [5.41, 5.74) is 3.92. The van der Waals surface area contributed by atoms with E-state index >= 15 is 0 Å². The van der Waals surface area contributed by atoms with Crippen LogP contribution in [-0.2, 0) is 14.8 Å². The van der Waals surface area contributed by atoms with Crippen molar-refractivity contribution in [3.63, 3.8) is 0 Å². The highest BCUT2D eigenvalue weighted by atomic mass is 32.2. The van der Waals surface area contributed by atoms with Gasteiger partial charge >= 0.3 is 5.97 Å². The minimum atomic E-state index is -3.89. The molecule has 0 fully saturated rings. The van der Waals surface area contributed by atoms with Gasteiger partial charge in [-0.05, 0) is 66.9 Å². The van der Waals surface area contributed by atoms with Crippen LogP contribution < -0.4 is 14.9 Å². The van der Waals surface area contributed by atoms with Gasteiger partial charge < -0.3 is 9.15 Å². The summed E-state index contributed by atoms with van der Waals surface area (Å²) in [6.45, 7) is 5.32. The number of hydrogen-bond donors (Lipinski definition) is 2. The summed E-state index contributed by atoms with van der Waals surface area (Å²) in [6, 6.07) is 14.8. The van der Waals surface area contributed by atoms with Crippen molar-refractivity contribution in [2.75, 3.05) is 0 Å². The second-order valence-corrected chi connectivity index (χ2v) is 9.54. The summed E-state index contributed by atoms with van der Waals surface area (Å²) in [4.78, 5) is 24.6. The number of furan rings is 1. The van der Waals surface area contributed by atoms with Crippen molar-refractivity contribution in [2.45, 2.75) is 31.7 Å². The number of carbonyl (C=O) groups excluding carboxylic acids is 2. The first-order valence-corrected chi connectivity index (χ1v) is 11.9. The lowest BCUT2D eigenvalue weighted by molar-refractivity contribution is -0.123. The van der Waals surface area contributed by atoms with Gasteiger partial charge in [-0.1, -0.05) is 31.5 Å². The average molecular weight is 484 g/mol. The van der Waals surface area contributed by atoms with E-state index in [4.69, 9.17) is 9.15 Å². The zero-order valence-corrected chi connectivity index (χ0v) is 19.7. The predicted molar refractivity (Wildman–Crippen MR) is 126 cm³/mol. The zero-order valence-electron chi connectivity index (χ0n) is 18.9. The number of rotatable bonds is 9. The van der Waals surface area contributed by atoms with E-state index in [2.05, 4.69) is 15.2 Å². The van der Waals surface area contributed by atoms with Gasteiger partial charge in [0.1, 0.15) is 11.8 Å². The van der Waals surface area contributed by atoms with Gasteiger partial charge in [0.05, 0.1) is 17.4 Å². The fraction of sp³-hybridized carbons (Fsp3) is 0.208. The molecule has 0 unspecified atom stereocenters. The highest BCUT2D eigenvalue weighted by Gasteiger charge is 2.28. The fourth-order valence-corrected chi connectivity index (χ4v) is 4.20. The van der Waals surface area contributed by atoms with E-state index in [1.54, 1.807) is 56.3 Å². The third-order valence-electron chi connectivity index (χ3n) is 4.76. The number of aryl methyl sites for hydroxylation is 1. The summed E-state index contributed by atoms with van der Waals surface area (Å²) >= 11 is 0. The highest BCUT2D eigenvalue weighted by molar-refractivity contribution is 7.89. The molecule has 1 heterocycles. The molecule has 1 aromatic heterocycles. The molecule has 2 aromatic carbocycles. The summed E-state index contributed by atoms with van der Waals surface area (Å²) in [5, 5.41) is 3.91. The molecule has 0 saturated heterocycles. The molecule has 0 radical (unpaired) electrons. The first-order valence-electron chi connectivity index (χ1n) is 10.4. The lowest BCUT2D eigenvalue weighted by Gasteiger charge is -2.20. The predicted octanol–water partition coefficient (Wildman–Crippen LogP) is 3.26. The van der Waals surface area contributed by atoms with E-state index in [9.17, 15) is 18.0 Å². The Morgan fingerprint density at radius 3 is 2.29 bits per heavy atom. The maximum atomic E-state index is 12.7. The van der Waals surface area contributed by atoms with Crippen molar-refractivity contribution >= 4 is 28.1 Å². The molecule has 3 aromatic rings. The molecule has 0 bridgehead atoms. The molecular formula is C24H25N3O6S. The second-order valence-electron chi connectivity index (χ2n) is 7.83. The molecule has 0 saturated carbocycles. The molecule has 1 atom stereocenters. The van der Waals surface area contributed by atoms with Crippen LogP contribution in [0.5, 0.6) is 5.75 Å². The van der Waals surface area contributed by atoms with Gasteiger partial charge in [0.15, 0.2) is 0 Å². The standard InChI is InChI=1S/C24H25N3O6S/c1-16(2)22(27-34(30,31)20-12-6-17(3)7-13-20)23(28)26-25-15-18-8-10-19(11-9-18)33-24(29)21-5-4-14-32-21/h4-16,22,27H,1-3H3,(H,26,28)/b25-15-/t22-/m1/s1. The average Bonchev–Trinajstić information content (AvgIpc) is 3.34. The molecule has 0 spiro atoms. The van der Waals surface area contributed by atoms with E-state index in [-0.39, 0.29) is 16.6 Å². The maximum Gasteiger partial charge on any atom is 0.379 e. The first-order chi connectivity index (χ1) is 16.2. The molecule has 0 aliphatic rings. The second kappa shape index (κ2) is 10.9. The molecule has 0 aliphatic heterocycles. The van der Waals surface area contributed by atoms with Crippen LogP contribution in [0.2, 0.25) is 0 Å². The molecule has 34 heavy (non-hydrogen) atoms. The number of sulfonamides is 1. The minimum absolute atomic E-state index is 0.0767. The summed E-state index contributed by atoms with van der Waals surface area (Å²) in [6.07, 6.45) is 2.77. The molecule has 1 amide bonds. The van der Waals surface area contributed by atoms with Gasteiger partial charge in [0.2, 0.25) is 15.8 Å². The summed E-state index contributed by atoms with van der Waals surface area (Å²) < 4.78 is 38.0. The molecule has 3 rings (SSSR count). The highest BCUT2D eigenvalue weighted by Crippen LogP contribution is 2.15. The van der Waals surface area contributed by atoms with Crippen LogP contribution in [0.15, 0.2) is 81.3 Å². The van der Waals surface area contributed by atoms with Crippen LogP contribution in [0.1, 0.15) is 35.5 Å². The van der Waals surface area contributed by atoms with E-state index in [1.807, 2.05) is 6.92 Å². The van der Waals surface area contributed by atoms with Crippen molar-refractivity contribution in [1.82, 2.24) is 10.1 Å². The topological polar surface area (TPSA) is 127 Å². The van der Waals surface area contributed by atoms with Gasteiger partial charge in [0.25, 0.3) is 5.91 Å². The molecule has 0 aliphatic carbocycles. The first kappa shape index (κ1) is 24.9. The van der Waals surface area contributed by atoms with Crippen LogP contribution >= 0.6 is 0 Å². The number of benzene rings is 2. The number of nitrogens with one attached hydrogen (secondary N) is 2. The summed E-state index contributed by atoms with van der Waals surface area (Å²) in [7, 11) is -3.89. The number of hydrogen-bond acceptors (Lipinski definition) is 7. The van der Waals surface area contributed by atoms with Crippen molar-refractivity contribution in [1.29, 1.82) is 0 Å². The summed E-state index contributed by atoms with van der Waals surface area (Å²) in [5.74, 6) is -1.13. The van der Waals surface area contributed by atoms with Crippen LogP contribution in [-0.4, -0.2) is 32.6 Å². The third kappa shape index (κ3) is 6.63. The van der Waals surface area contributed by atoms with Crippen molar-refractivity contribution in [3.05, 3.63) is 83.8 Å². The van der Waals surface area contributed by atoms with Crippen molar-refractivity contribution in [2.24, 2.45) is 11.0 Å². The third-order valence-corrected chi connectivity index (χ3v) is 6.22. The molecule has 2 N–H and O–H groups in total. The van der Waals surface area contributed by atoms with Gasteiger partial charge in [-0.25, -0.2) is 18.6 Å². The lowest BCUT2D eigenvalue weighted by atomic mass is 10.1. The van der Waals surface area contributed by atoms with Gasteiger partial charge in [-0.3, -0.25) is 4.79 Å². The SMILES string of the molecule is Cc1ccc(S(=O)(=O)N[C@@H](C(=O)N/N=C\c2ccc(OC(=O)c3ccco3)cc2)C(C)C)cc1. The largest absolute Gasteiger partial charge is 0.457 e. The van der Waals surface area contributed by atoms with Crippen molar-refractivity contribution < 1.29 is 27.2 Å². The van der Waals surface area contributed by atoms with E-state index in [1.165, 1.54) is 30.7 Å². The van der Waals surface area contributed by atoms with E-state index in [0.29, 0.717) is 11.3 Å². The molecule has 10 heteroatoms. The Hall–Kier alpha value is -3.76. The molecule has 9 nitrogen and oxygen atoms in total. The van der Waals surface area contributed by atoms with E-state index < -0.39 is 27.9 Å². The number of carbonyl (C=O) groups is 2. The van der Waals surface area contributed by atoms with Gasteiger partial charge in [-0.15, -0.1) is 0 Å². The number of nitrogens with zero attached hydrogens (tertiary/aromatic N) is 1. The van der Waals surface area contributed by atoms with Gasteiger partial charge in [0, 0.05) is 0 Å². The Morgan fingerprint density at radius 2 is 1.71 bits per heavy atom. The number of amides is 1. The van der Waals surface area contributed by atoms with Crippen molar-refractivity contribution in [3.8, 4) is 5.75 Å². The minimum Gasteiger partial charge on any atom is -0.457 e. The van der Waals surface area contributed by atoms with Crippen LogP contribution in [0.4, 0.5) is 0 Å². The molecular weight excluding hydrogens is 458 g/mol. The van der Waals surface area contributed by atoms with Crippen LogP contribution in [0.3, 0.4) is 0 Å². The number of ether oxygens (including phenoxy) is 1. The Balaban J connectivity index is 1.59. The monoisotopic (exact) mass is 483 g/mol. The zero-order chi connectivity index (χ0) is 24.7. The molecule has 178 valence electrons. The fourth-order valence-electron chi connectivity index (χ4n) is 2.86. The number of esters is 1. The lowest BCUT2D eigenvalue weighted by Crippen LogP contribution is -2.48. The Kier molecular flexibility index (Phi) is 7.98. The van der Waals surface area contributed by atoms with Crippen LogP contribution in [0.25, 0.3) is 0 Å². The normalized spacial score (nSPS) is 12.6. The Morgan fingerprint density at radius 1 is 1.03 bits per heavy atom. The van der Waals surface area contributed by atoms with E-state index in [0.717, 1.165) is 5.56 Å². The Labute approximate surface area is 197 Å². The van der Waals surface area contributed by atoms with Crippen LogP contribution in [0, 0.1) is 12.8 Å². The quantitative estimate of drug-likeness (QED) is 0.208. The Bertz CT molecular complexity index is 1250.